The minimum absolute atomic E-state index is 0.00755. The molecule has 86 valence electrons. The van der Waals surface area contributed by atoms with Crippen molar-refractivity contribution in [2.45, 2.75) is 0 Å². The molecule has 0 atom stereocenters. The van der Waals surface area contributed by atoms with Gasteiger partial charge in [-0.1, -0.05) is 0 Å². The first-order valence-electron chi connectivity index (χ1n) is 4.52. The van der Waals surface area contributed by atoms with Crippen LogP contribution in [-0.4, -0.2) is 37.1 Å². The molecule has 0 aliphatic carbocycles. The number of H-pyrrole nitrogens is 1. The van der Waals surface area contributed by atoms with Crippen molar-refractivity contribution in [3.05, 3.63) is 36.0 Å². The number of nitrogens with zero attached hydrogens (tertiary/aromatic N) is 3. The first-order valence-corrected chi connectivity index (χ1v) is 4.52. The Labute approximate surface area is 94.7 Å². The normalized spacial score (nSPS) is 9.88. The average molecular weight is 233 g/mol. The van der Waals surface area contributed by atoms with Crippen LogP contribution in [0.3, 0.4) is 0 Å². The summed E-state index contributed by atoms with van der Waals surface area (Å²) in [7, 11) is 0. The molecule has 0 aromatic carbocycles. The van der Waals surface area contributed by atoms with E-state index in [9.17, 15) is 9.59 Å². The topological polar surface area (TPSA) is 121 Å². The number of aromatic amines is 1. The summed E-state index contributed by atoms with van der Waals surface area (Å²) < 4.78 is 0. The van der Waals surface area contributed by atoms with E-state index >= 15 is 0 Å². The largest absolute Gasteiger partial charge is 0.477 e. The molecule has 0 aliphatic heterocycles. The van der Waals surface area contributed by atoms with E-state index in [-0.39, 0.29) is 17.1 Å². The summed E-state index contributed by atoms with van der Waals surface area (Å²) >= 11 is 0. The molecule has 17 heavy (non-hydrogen) atoms. The molecule has 0 saturated carbocycles. The predicted octanol–water partition coefficient (Wildman–Crippen LogP) is 0.150. The number of carboxylic acid groups (broad SMARTS) is 1. The molecule has 0 saturated heterocycles. The highest BCUT2D eigenvalue weighted by Gasteiger charge is 2.16. The first kappa shape index (κ1) is 10.7. The van der Waals surface area contributed by atoms with E-state index in [2.05, 4.69) is 25.5 Å². The summed E-state index contributed by atoms with van der Waals surface area (Å²) in [5.41, 5.74) is -0.0410. The first-order chi connectivity index (χ1) is 8.18. The second kappa shape index (κ2) is 4.39. The molecule has 0 spiro atoms. The van der Waals surface area contributed by atoms with Crippen LogP contribution in [0.15, 0.2) is 24.8 Å². The lowest BCUT2D eigenvalue weighted by molar-refractivity contribution is 0.0698. The fourth-order valence-electron chi connectivity index (χ4n) is 1.14. The number of nitrogens with one attached hydrogen (secondary N) is 2. The van der Waals surface area contributed by atoms with Crippen LogP contribution in [0.4, 0.5) is 5.82 Å². The molecule has 3 N–H and O–H groups in total. The van der Waals surface area contributed by atoms with E-state index in [1.54, 1.807) is 0 Å². The van der Waals surface area contributed by atoms with Crippen LogP contribution < -0.4 is 5.32 Å². The quantitative estimate of drug-likeness (QED) is 0.693. The van der Waals surface area contributed by atoms with Gasteiger partial charge in [-0.2, -0.15) is 5.10 Å². The van der Waals surface area contributed by atoms with E-state index in [1.165, 1.54) is 18.6 Å². The number of carbonyl (C=O) groups excluding carboxylic acids is 1. The van der Waals surface area contributed by atoms with Crippen LogP contribution in [0.2, 0.25) is 0 Å². The molecule has 2 aromatic heterocycles. The lowest BCUT2D eigenvalue weighted by atomic mass is 10.3. The summed E-state index contributed by atoms with van der Waals surface area (Å²) in [5, 5.41) is 17.1. The predicted molar refractivity (Wildman–Crippen MR) is 55.5 cm³/mol. The van der Waals surface area contributed by atoms with Gasteiger partial charge < -0.3 is 10.4 Å². The Bertz CT molecular complexity index is 551. The molecule has 8 nitrogen and oxygen atoms in total. The van der Waals surface area contributed by atoms with Crippen molar-refractivity contribution >= 4 is 17.7 Å². The van der Waals surface area contributed by atoms with Gasteiger partial charge in [-0.15, -0.1) is 0 Å². The average Bonchev–Trinajstić information content (AvgIpc) is 2.78. The van der Waals surface area contributed by atoms with Gasteiger partial charge in [0.25, 0.3) is 5.91 Å². The highest BCUT2D eigenvalue weighted by Crippen LogP contribution is 2.11. The maximum absolute atomic E-state index is 11.6. The Kier molecular flexibility index (Phi) is 2.77. The molecule has 8 heteroatoms. The van der Waals surface area contributed by atoms with Gasteiger partial charge in [0.05, 0.1) is 12.4 Å². The van der Waals surface area contributed by atoms with Crippen LogP contribution in [0.1, 0.15) is 20.8 Å². The Morgan fingerprint density at radius 3 is 2.76 bits per heavy atom. The van der Waals surface area contributed by atoms with Crippen molar-refractivity contribution in [3.63, 3.8) is 0 Å². The van der Waals surface area contributed by atoms with Gasteiger partial charge >= 0.3 is 5.97 Å². The molecule has 2 heterocycles. The van der Waals surface area contributed by atoms with Crippen molar-refractivity contribution in [1.82, 2.24) is 20.2 Å². The lowest BCUT2D eigenvalue weighted by Crippen LogP contribution is -2.16. The van der Waals surface area contributed by atoms with Crippen molar-refractivity contribution < 1.29 is 14.7 Å². The highest BCUT2D eigenvalue weighted by atomic mass is 16.4. The third-order valence-electron chi connectivity index (χ3n) is 1.90. The Morgan fingerprint density at radius 1 is 1.29 bits per heavy atom. The fraction of sp³-hybridized carbons (Fsp3) is 0. The third-order valence-corrected chi connectivity index (χ3v) is 1.90. The second-order valence-corrected chi connectivity index (χ2v) is 3.01. The summed E-state index contributed by atoms with van der Waals surface area (Å²) in [6.07, 6.45) is 5.16. The maximum atomic E-state index is 11.6. The number of rotatable bonds is 3. The fourth-order valence-corrected chi connectivity index (χ4v) is 1.14. The standard InChI is InChI=1S/C9H7N5O3/c15-8(6-4-10-1-2-11-6)13-7-5(9(16)17)3-12-14-7/h1-4H,(H,16,17)(H2,12,13,14,15). The zero-order chi connectivity index (χ0) is 12.3. The summed E-state index contributed by atoms with van der Waals surface area (Å²) in [5.74, 6) is -1.74. The van der Waals surface area contributed by atoms with Crippen LogP contribution in [-0.2, 0) is 0 Å². The van der Waals surface area contributed by atoms with Crippen molar-refractivity contribution in [3.8, 4) is 0 Å². The molecule has 2 aromatic rings. The number of aromatic nitrogens is 4. The van der Waals surface area contributed by atoms with Gasteiger partial charge in [0.2, 0.25) is 0 Å². The van der Waals surface area contributed by atoms with E-state index < -0.39 is 11.9 Å². The van der Waals surface area contributed by atoms with E-state index in [0.29, 0.717) is 0 Å². The molecular formula is C9H7N5O3. The number of carbonyl (C=O) groups is 2. The number of aromatic carboxylic acids is 1. The summed E-state index contributed by atoms with van der Waals surface area (Å²) in [6, 6.07) is 0. The zero-order valence-electron chi connectivity index (χ0n) is 8.41. The SMILES string of the molecule is O=C(Nc1[nH]ncc1C(=O)O)c1cnccn1. The van der Waals surface area contributed by atoms with E-state index in [0.717, 1.165) is 6.20 Å². The summed E-state index contributed by atoms with van der Waals surface area (Å²) in [4.78, 5) is 29.9. The lowest BCUT2D eigenvalue weighted by Gasteiger charge is -2.02. The van der Waals surface area contributed by atoms with Crippen LogP contribution in [0.5, 0.6) is 0 Å². The van der Waals surface area contributed by atoms with Gasteiger partial charge in [0, 0.05) is 12.4 Å². The van der Waals surface area contributed by atoms with Crippen LogP contribution in [0, 0.1) is 0 Å². The Hall–Kier alpha value is -2.77. The van der Waals surface area contributed by atoms with Gasteiger partial charge in [0.1, 0.15) is 17.1 Å². The Balaban J connectivity index is 2.19. The number of hydrogen-bond donors (Lipinski definition) is 3. The number of anilines is 1. The van der Waals surface area contributed by atoms with E-state index in [4.69, 9.17) is 5.11 Å². The zero-order valence-corrected chi connectivity index (χ0v) is 8.41. The minimum atomic E-state index is -1.19. The summed E-state index contributed by atoms with van der Waals surface area (Å²) in [6.45, 7) is 0. The van der Waals surface area contributed by atoms with Crippen LogP contribution in [0.25, 0.3) is 0 Å². The number of carboxylic acids is 1. The highest BCUT2D eigenvalue weighted by molar-refractivity contribution is 6.05. The minimum Gasteiger partial charge on any atom is -0.477 e. The molecule has 1 amide bonds. The second-order valence-electron chi connectivity index (χ2n) is 3.01. The van der Waals surface area contributed by atoms with E-state index in [1.807, 2.05) is 0 Å². The molecule has 0 fully saturated rings. The monoisotopic (exact) mass is 233 g/mol. The molecule has 0 unspecified atom stereocenters. The molecular weight excluding hydrogens is 226 g/mol. The van der Waals surface area contributed by atoms with Crippen molar-refractivity contribution in [1.29, 1.82) is 0 Å². The molecule has 0 bridgehead atoms. The third kappa shape index (κ3) is 2.25. The van der Waals surface area contributed by atoms with Gasteiger partial charge in [-0.05, 0) is 0 Å². The van der Waals surface area contributed by atoms with Gasteiger partial charge in [-0.3, -0.25) is 14.9 Å². The van der Waals surface area contributed by atoms with Gasteiger partial charge in [0.15, 0.2) is 0 Å². The van der Waals surface area contributed by atoms with Crippen molar-refractivity contribution in [2.75, 3.05) is 5.32 Å². The molecule has 0 aliphatic rings. The number of hydrogen-bond acceptors (Lipinski definition) is 5. The molecule has 0 radical (unpaired) electrons. The Morgan fingerprint density at radius 2 is 2.12 bits per heavy atom. The maximum Gasteiger partial charge on any atom is 0.341 e. The van der Waals surface area contributed by atoms with Gasteiger partial charge in [-0.25, -0.2) is 9.78 Å². The van der Waals surface area contributed by atoms with Crippen molar-refractivity contribution in [2.24, 2.45) is 0 Å². The van der Waals surface area contributed by atoms with Crippen LogP contribution >= 0.6 is 0 Å². The number of amides is 1. The smallest absolute Gasteiger partial charge is 0.341 e. The molecule has 2 rings (SSSR count).